The van der Waals surface area contributed by atoms with E-state index in [0.29, 0.717) is 0 Å². The zero-order valence-electron chi connectivity index (χ0n) is 8.87. The fourth-order valence-electron chi connectivity index (χ4n) is 1.69. The maximum absolute atomic E-state index is 11.9. The Hall–Kier alpha value is -1.39. The van der Waals surface area contributed by atoms with Gasteiger partial charge in [-0.25, -0.2) is 0 Å². The summed E-state index contributed by atoms with van der Waals surface area (Å²) in [5, 5.41) is 2.24. The molecule has 0 radical (unpaired) electrons. The molecule has 1 aliphatic heterocycles. The summed E-state index contributed by atoms with van der Waals surface area (Å²) in [5.74, 6) is -0.827. The van der Waals surface area contributed by atoms with E-state index < -0.39 is 17.4 Å². The smallest absolute Gasteiger partial charge is 0.252 e. The molecular formula is C10H14N2O3. The van der Waals surface area contributed by atoms with Crippen LogP contribution in [0.15, 0.2) is 0 Å². The van der Waals surface area contributed by atoms with Crippen LogP contribution in [-0.2, 0) is 14.4 Å². The van der Waals surface area contributed by atoms with Gasteiger partial charge in [0.15, 0.2) is 0 Å². The van der Waals surface area contributed by atoms with Gasteiger partial charge in [-0.1, -0.05) is 0 Å². The van der Waals surface area contributed by atoms with Crippen LogP contribution >= 0.6 is 0 Å². The van der Waals surface area contributed by atoms with Crippen LogP contribution in [0.4, 0.5) is 0 Å². The fourth-order valence-corrected chi connectivity index (χ4v) is 1.69. The Bertz CT molecular complexity index is 345. The molecule has 82 valence electrons. The summed E-state index contributed by atoms with van der Waals surface area (Å²) in [5.41, 5.74) is -0.909. The van der Waals surface area contributed by atoms with E-state index in [1.165, 1.54) is 4.90 Å². The predicted octanol–water partition coefficient (Wildman–Crippen LogP) is -0.340. The van der Waals surface area contributed by atoms with Crippen molar-refractivity contribution in [3.05, 3.63) is 0 Å². The van der Waals surface area contributed by atoms with Crippen molar-refractivity contribution >= 4 is 17.7 Å². The number of nitrogens with zero attached hydrogens (tertiary/aromatic N) is 1. The van der Waals surface area contributed by atoms with E-state index in [0.717, 1.165) is 12.8 Å². The van der Waals surface area contributed by atoms with Crippen LogP contribution in [0.1, 0.15) is 26.7 Å². The van der Waals surface area contributed by atoms with Crippen molar-refractivity contribution in [2.24, 2.45) is 5.92 Å². The van der Waals surface area contributed by atoms with Gasteiger partial charge in [-0.2, -0.15) is 0 Å². The zero-order chi connectivity index (χ0) is 11.2. The van der Waals surface area contributed by atoms with Gasteiger partial charge in [0.25, 0.3) is 5.91 Å². The monoisotopic (exact) mass is 210 g/mol. The van der Waals surface area contributed by atoms with E-state index in [4.69, 9.17) is 0 Å². The lowest BCUT2D eigenvalue weighted by Gasteiger charge is -2.40. The predicted molar refractivity (Wildman–Crippen MR) is 51.7 cm³/mol. The van der Waals surface area contributed by atoms with Gasteiger partial charge in [0.05, 0.1) is 0 Å². The molecule has 3 amide bonds. The molecular weight excluding hydrogens is 196 g/mol. The van der Waals surface area contributed by atoms with Gasteiger partial charge in [-0.05, 0) is 26.7 Å². The molecule has 15 heavy (non-hydrogen) atoms. The van der Waals surface area contributed by atoms with Crippen LogP contribution < -0.4 is 5.32 Å². The average Bonchev–Trinajstić information content (AvgIpc) is 2.93. The van der Waals surface area contributed by atoms with Crippen molar-refractivity contribution in [2.75, 3.05) is 6.54 Å². The third-order valence-corrected chi connectivity index (χ3v) is 2.98. The average molecular weight is 210 g/mol. The zero-order valence-corrected chi connectivity index (χ0v) is 8.87. The van der Waals surface area contributed by atoms with Gasteiger partial charge in [0, 0.05) is 5.92 Å². The minimum Gasteiger partial charge on any atom is -0.319 e. The SMILES string of the molecule is CC1(C)C(=O)NC(=O)CN1C(=O)C1CC1. The number of carbonyl (C=O) groups is 3. The molecule has 0 aromatic heterocycles. The molecule has 1 saturated carbocycles. The number of rotatable bonds is 1. The van der Waals surface area contributed by atoms with E-state index in [1.54, 1.807) is 13.8 Å². The van der Waals surface area contributed by atoms with Crippen LogP contribution in [-0.4, -0.2) is 34.7 Å². The molecule has 0 atom stereocenters. The molecule has 0 spiro atoms. The van der Waals surface area contributed by atoms with E-state index in [9.17, 15) is 14.4 Å². The highest BCUT2D eigenvalue weighted by Gasteiger charge is 2.47. The summed E-state index contributed by atoms with van der Waals surface area (Å²) in [4.78, 5) is 36.0. The molecule has 5 heteroatoms. The first kappa shape index (κ1) is 10.1. The maximum Gasteiger partial charge on any atom is 0.252 e. The highest BCUT2D eigenvalue weighted by molar-refractivity contribution is 6.06. The second-order valence-corrected chi connectivity index (χ2v) is 4.63. The Kier molecular flexibility index (Phi) is 2.06. The summed E-state index contributed by atoms with van der Waals surface area (Å²) < 4.78 is 0. The number of carbonyl (C=O) groups excluding carboxylic acids is 3. The maximum atomic E-state index is 11.9. The van der Waals surface area contributed by atoms with E-state index in [2.05, 4.69) is 5.32 Å². The number of piperazine rings is 1. The lowest BCUT2D eigenvalue weighted by atomic mass is 9.98. The molecule has 0 aromatic rings. The largest absolute Gasteiger partial charge is 0.319 e. The van der Waals surface area contributed by atoms with E-state index >= 15 is 0 Å². The Balaban J connectivity index is 2.23. The third kappa shape index (κ3) is 1.62. The quantitative estimate of drug-likeness (QED) is 0.602. The van der Waals surface area contributed by atoms with Crippen LogP contribution in [0, 0.1) is 5.92 Å². The summed E-state index contributed by atoms with van der Waals surface area (Å²) in [6.45, 7) is 3.32. The van der Waals surface area contributed by atoms with Gasteiger partial charge in [0.1, 0.15) is 12.1 Å². The van der Waals surface area contributed by atoms with Crippen molar-refractivity contribution in [3.8, 4) is 0 Å². The van der Waals surface area contributed by atoms with Crippen LogP contribution in [0.3, 0.4) is 0 Å². The van der Waals surface area contributed by atoms with Gasteiger partial charge >= 0.3 is 0 Å². The Labute approximate surface area is 87.8 Å². The third-order valence-electron chi connectivity index (χ3n) is 2.98. The van der Waals surface area contributed by atoms with Crippen LogP contribution in [0.5, 0.6) is 0 Å². The van der Waals surface area contributed by atoms with Crippen molar-refractivity contribution in [1.82, 2.24) is 10.2 Å². The number of imide groups is 1. The number of nitrogens with one attached hydrogen (secondary N) is 1. The molecule has 2 rings (SSSR count). The Morgan fingerprint density at radius 3 is 2.53 bits per heavy atom. The minimum absolute atomic E-state index is 0.00588. The molecule has 2 aliphatic rings. The first-order valence-corrected chi connectivity index (χ1v) is 5.08. The lowest BCUT2D eigenvalue weighted by Crippen LogP contribution is -2.65. The van der Waals surface area contributed by atoms with Crippen LogP contribution in [0.2, 0.25) is 0 Å². The normalized spacial score (nSPS) is 25.1. The lowest BCUT2D eigenvalue weighted by molar-refractivity contribution is -0.156. The topological polar surface area (TPSA) is 66.5 Å². The number of amides is 3. The van der Waals surface area contributed by atoms with E-state index in [1.807, 2.05) is 0 Å². The van der Waals surface area contributed by atoms with Gasteiger partial charge in [-0.15, -0.1) is 0 Å². The van der Waals surface area contributed by atoms with Crippen molar-refractivity contribution in [2.45, 2.75) is 32.2 Å². The van der Waals surface area contributed by atoms with Gasteiger partial charge in [-0.3, -0.25) is 19.7 Å². The molecule has 0 bridgehead atoms. The number of hydrogen-bond donors (Lipinski definition) is 1. The second-order valence-electron chi connectivity index (χ2n) is 4.63. The summed E-state index contributed by atoms with van der Waals surface area (Å²) in [7, 11) is 0. The van der Waals surface area contributed by atoms with Gasteiger partial charge in [0.2, 0.25) is 11.8 Å². The standard InChI is InChI=1S/C10H14N2O3/c1-10(2)9(15)11-7(13)5-12(10)8(14)6-3-4-6/h6H,3-5H2,1-2H3,(H,11,13,15). The highest BCUT2D eigenvalue weighted by atomic mass is 16.2. The Morgan fingerprint density at radius 1 is 1.40 bits per heavy atom. The second kappa shape index (κ2) is 3.05. The Morgan fingerprint density at radius 2 is 2.00 bits per heavy atom. The molecule has 1 heterocycles. The van der Waals surface area contributed by atoms with E-state index in [-0.39, 0.29) is 18.4 Å². The minimum atomic E-state index is -0.909. The molecule has 1 aliphatic carbocycles. The van der Waals surface area contributed by atoms with Gasteiger partial charge < -0.3 is 4.90 Å². The first-order valence-electron chi connectivity index (χ1n) is 5.08. The first-order chi connectivity index (χ1) is 6.93. The highest BCUT2D eigenvalue weighted by Crippen LogP contribution is 2.33. The summed E-state index contributed by atoms with van der Waals surface area (Å²) in [6.07, 6.45) is 1.75. The van der Waals surface area contributed by atoms with Crippen LogP contribution in [0.25, 0.3) is 0 Å². The molecule has 1 N–H and O–H groups in total. The molecule has 1 saturated heterocycles. The van der Waals surface area contributed by atoms with Crippen molar-refractivity contribution < 1.29 is 14.4 Å². The molecule has 0 unspecified atom stereocenters. The number of hydrogen-bond acceptors (Lipinski definition) is 3. The summed E-state index contributed by atoms with van der Waals surface area (Å²) >= 11 is 0. The summed E-state index contributed by atoms with van der Waals surface area (Å²) in [6, 6.07) is 0. The molecule has 5 nitrogen and oxygen atoms in total. The molecule has 2 fully saturated rings. The molecule has 0 aromatic carbocycles. The van der Waals surface area contributed by atoms with Crippen molar-refractivity contribution in [3.63, 3.8) is 0 Å². The van der Waals surface area contributed by atoms with Crippen molar-refractivity contribution in [1.29, 1.82) is 0 Å². The fraction of sp³-hybridized carbons (Fsp3) is 0.700.